The molecule has 19 heavy (non-hydrogen) atoms. The van der Waals surface area contributed by atoms with Gasteiger partial charge < -0.3 is 9.73 Å². The van der Waals surface area contributed by atoms with Gasteiger partial charge in [0.25, 0.3) is 0 Å². The minimum absolute atomic E-state index is 0.643. The van der Waals surface area contributed by atoms with Gasteiger partial charge in [-0.25, -0.2) is 4.85 Å². The molecular weight excluding hydrogens is 238 g/mol. The van der Waals surface area contributed by atoms with Gasteiger partial charge in [0.05, 0.1) is 18.5 Å². The highest BCUT2D eigenvalue weighted by molar-refractivity contribution is 5.92. The quantitative estimate of drug-likeness (QED) is 0.683. The van der Waals surface area contributed by atoms with Gasteiger partial charge in [0.1, 0.15) is 6.26 Å². The maximum absolute atomic E-state index is 7.00. The molecule has 0 spiro atoms. The summed E-state index contributed by atoms with van der Waals surface area (Å²) in [5.74, 6) is 0. The summed E-state index contributed by atoms with van der Waals surface area (Å²) in [6.45, 7) is 8.97. The average Bonchev–Trinajstić information content (AvgIpc) is 2.84. The van der Waals surface area contributed by atoms with E-state index < -0.39 is 0 Å². The third-order valence-corrected chi connectivity index (χ3v) is 2.99. The van der Waals surface area contributed by atoms with Gasteiger partial charge in [-0.1, -0.05) is 12.1 Å². The van der Waals surface area contributed by atoms with Crippen molar-refractivity contribution < 1.29 is 4.42 Å². The Hall–Kier alpha value is -2.80. The molecule has 0 fully saturated rings. The third kappa shape index (κ3) is 2.02. The Bertz CT molecular complexity index is 783. The summed E-state index contributed by atoms with van der Waals surface area (Å²) in [5, 5.41) is 4.31. The minimum atomic E-state index is 0.643. The van der Waals surface area contributed by atoms with Crippen molar-refractivity contribution in [3.05, 3.63) is 59.9 Å². The molecule has 0 aliphatic carbocycles. The molecule has 92 valence electrons. The highest BCUT2D eigenvalue weighted by Crippen LogP contribution is 2.30. The number of fused-ring (bicyclic) bond motifs is 1. The molecule has 0 saturated carbocycles. The van der Waals surface area contributed by atoms with Gasteiger partial charge in [-0.3, -0.25) is 4.98 Å². The number of furan rings is 1. The molecule has 3 rings (SSSR count). The molecule has 4 heteroatoms. The van der Waals surface area contributed by atoms with E-state index in [1.807, 2.05) is 25.1 Å². The molecule has 1 aromatic carbocycles. The number of hydrogen-bond acceptors (Lipinski definition) is 3. The van der Waals surface area contributed by atoms with Crippen LogP contribution in [0.2, 0.25) is 0 Å². The Balaban J connectivity index is 2.00. The van der Waals surface area contributed by atoms with E-state index in [0.29, 0.717) is 5.69 Å². The summed E-state index contributed by atoms with van der Waals surface area (Å²) in [6, 6.07) is 7.47. The Morgan fingerprint density at radius 3 is 2.95 bits per heavy atom. The molecule has 0 amide bonds. The van der Waals surface area contributed by atoms with Crippen LogP contribution in [-0.4, -0.2) is 4.98 Å². The van der Waals surface area contributed by atoms with Gasteiger partial charge in [-0.2, -0.15) is 0 Å². The zero-order chi connectivity index (χ0) is 13.2. The van der Waals surface area contributed by atoms with Gasteiger partial charge in [-0.05, 0) is 24.6 Å². The summed E-state index contributed by atoms with van der Waals surface area (Å²) in [4.78, 5) is 7.43. The van der Waals surface area contributed by atoms with Crippen LogP contribution in [0.3, 0.4) is 0 Å². The first kappa shape index (κ1) is 11.3. The standard InChI is InChI=1S/C15H11N3O/c1-10-7-11(16-2)3-4-13(10)18-14-9-19-15-8-17-6-5-12(14)15/h3-9,18H,1H3. The van der Waals surface area contributed by atoms with Crippen molar-refractivity contribution in [3.63, 3.8) is 0 Å². The Kier molecular flexibility index (Phi) is 2.66. The second-order valence-corrected chi connectivity index (χ2v) is 4.26. The molecule has 3 aromatic rings. The first-order valence-corrected chi connectivity index (χ1v) is 5.84. The van der Waals surface area contributed by atoms with E-state index in [4.69, 9.17) is 11.0 Å². The van der Waals surface area contributed by atoms with Crippen LogP contribution in [0.1, 0.15) is 5.56 Å². The zero-order valence-corrected chi connectivity index (χ0v) is 10.3. The maximum Gasteiger partial charge on any atom is 0.187 e. The molecule has 2 heterocycles. The monoisotopic (exact) mass is 249 g/mol. The van der Waals surface area contributed by atoms with Gasteiger partial charge in [0.2, 0.25) is 0 Å². The molecule has 0 aliphatic heterocycles. The van der Waals surface area contributed by atoms with Crippen molar-refractivity contribution in [2.75, 3.05) is 5.32 Å². The van der Waals surface area contributed by atoms with Gasteiger partial charge >= 0.3 is 0 Å². The summed E-state index contributed by atoms with van der Waals surface area (Å²) >= 11 is 0. The largest absolute Gasteiger partial charge is 0.460 e. The number of pyridine rings is 1. The second kappa shape index (κ2) is 4.46. The normalized spacial score (nSPS) is 10.3. The van der Waals surface area contributed by atoms with E-state index in [1.165, 1.54) is 0 Å². The molecule has 1 N–H and O–H groups in total. The number of aryl methyl sites for hydroxylation is 1. The van der Waals surface area contributed by atoms with Crippen molar-refractivity contribution in [3.8, 4) is 0 Å². The van der Waals surface area contributed by atoms with Crippen molar-refractivity contribution in [2.24, 2.45) is 0 Å². The van der Waals surface area contributed by atoms with Crippen LogP contribution < -0.4 is 5.32 Å². The summed E-state index contributed by atoms with van der Waals surface area (Å²) in [5.41, 5.74) is 4.28. The van der Waals surface area contributed by atoms with Crippen molar-refractivity contribution in [1.82, 2.24) is 4.98 Å². The third-order valence-electron chi connectivity index (χ3n) is 2.99. The van der Waals surface area contributed by atoms with E-state index in [1.54, 1.807) is 24.7 Å². The van der Waals surface area contributed by atoms with E-state index in [0.717, 1.165) is 27.9 Å². The average molecular weight is 249 g/mol. The van der Waals surface area contributed by atoms with E-state index in [2.05, 4.69) is 15.1 Å². The highest BCUT2D eigenvalue weighted by Gasteiger charge is 2.07. The van der Waals surface area contributed by atoms with Crippen molar-refractivity contribution in [2.45, 2.75) is 6.92 Å². The fourth-order valence-electron chi connectivity index (χ4n) is 1.98. The van der Waals surface area contributed by atoms with E-state index >= 15 is 0 Å². The van der Waals surface area contributed by atoms with E-state index in [-0.39, 0.29) is 0 Å². The number of nitrogens with zero attached hydrogens (tertiary/aromatic N) is 2. The van der Waals surface area contributed by atoms with E-state index in [9.17, 15) is 0 Å². The topological polar surface area (TPSA) is 42.4 Å². The Labute approximate surface area is 110 Å². The highest BCUT2D eigenvalue weighted by atomic mass is 16.3. The number of anilines is 2. The van der Waals surface area contributed by atoms with Crippen LogP contribution in [0.15, 0.2) is 47.3 Å². The summed E-state index contributed by atoms with van der Waals surface area (Å²) < 4.78 is 5.43. The molecular formula is C15H11N3O. The van der Waals surface area contributed by atoms with Gasteiger partial charge in [0, 0.05) is 17.3 Å². The van der Waals surface area contributed by atoms with Crippen LogP contribution in [0, 0.1) is 13.5 Å². The molecule has 0 aliphatic rings. The second-order valence-electron chi connectivity index (χ2n) is 4.26. The lowest BCUT2D eigenvalue weighted by molar-refractivity contribution is 0.615. The first-order valence-electron chi connectivity index (χ1n) is 5.84. The molecule has 0 radical (unpaired) electrons. The van der Waals surface area contributed by atoms with Crippen LogP contribution in [0.4, 0.5) is 17.1 Å². The number of hydrogen-bond donors (Lipinski definition) is 1. The Morgan fingerprint density at radius 2 is 2.16 bits per heavy atom. The maximum atomic E-state index is 7.00. The SMILES string of the molecule is [C-]#[N+]c1ccc(Nc2coc3cnccc23)c(C)c1. The molecule has 0 saturated heterocycles. The minimum Gasteiger partial charge on any atom is -0.460 e. The van der Waals surface area contributed by atoms with Crippen molar-refractivity contribution in [1.29, 1.82) is 0 Å². The van der Waals surface area contributed by atoms with Crippen LogP contribution in [0.5, 0.6) is 0 Å². The molecule has 0 atom stereocenters. The van der Waals surface area contributed by atoms with Crippen LogP contribution >= 0.6 is 0 Å². The van der Waals surface area contributed by atoms with Gasteiger partial charge in [0.15, 0.2) is 11.3 Å². The summed E-state index contributed by atoms with van der Waals surface area (Å²) in [6.07, 6.45) is 5.10. The predicted molar refractivity (Wildman–Crippen MR) is 74.7 cm³/mol. The molecule has 0 unspecified atom stereocenters. The fraction of sp³-hybridized carbons (Fsp3) is 0.0667. The fourth-order valence-corrected chi connectivity index (χ4v) is 1.98. The lowest BCUT2D eigenvalue weighted by Crippen LogP contribution is -1.91. The van der Waals surface area contributed by atoms with Crippen LogP contribution in [-0.2, 0) is 0 Å². The van der Waals surface area contributed by atoms with Crippen LogP contribution in [0.25, 0.3) is 15.8 Å². The number of aromatic nitrogens is 1. The number of benzene rings is 1. The summed E-state index contributed by atoms with van der Waals surface area (Å²) in [7, 11) is 0. The smallest absolute Gasteiger partial charge is 0.187 e. The zero-order valence-electron chi connectivity index (χ0n) is 10.3. The number of nitrogens with one attached hydrogen (secondary N) is 1. The first-order chi connectivity index (χ1) is 9.28. The lowest BCUT2D eigenvalue weighted by atomic mass is 10.1. The predicted octanol–water partition coefficient (Wildman–Crippen LogP) is 4.43. The lowest BCUT2D eigenvalue weighted by Gasteiger charge is -2.08. The number of rotatable bonds is 2. The van der Waals surface area contributed by atoms with Gasteiger partial charge in [-0.15, -0.1) is 0 Å². The van der Waals surface area contributed by atoms with Crippen molar-refractivity contribution >= 4 is 28.0 Å². The molecule has 4 nitrogen and oxygen atoms in total. The molecule has 2 aromatic heterocycles. The Morgan fingerprint density at radius 1 is 1.26 bits per heavy atom. The molecule has 0 bridgehead atoms.